The van der Waals surface area contributed by atoms with E-state index in [9.17, 15) is 9.90 Å². The number of hydrogen-bond acceptors (Lipinski definition) is 4. The van der Waals surface area contributed by atoms with E-state index >= 15 is 0 Å². The molecule has 0 saturated carbocycles. The number of benzene rings is 1. The first kappa shape index (κ1) is 13.7. The molecule has 0 aliphatic rings. The third-order valence-electron chi connectivity index (χ3n) is 2.34. The van der Waals surface area contributed by atoms with Crippen LogP contribution in [-0.4, -0.2) is 22.7 Å². The van der Waals surface area contributed by atoms with Gasteiger partial charge in [-0.3, -0.25) is 4.79 Å². The number of nitrogens with one attached hydrogen (secondary N) is 1. The molecule has 0 saturated heterocycles. The predicted molar refractivity (Wildman–Crippen MR) is 65.4 cm³/mol. The molecule has 5 heteroatoms. The van der Waals surface area contributed by atoms with E-state index in [0.717, 1.165) is 0 Å². The number of hydrogen-bond donors (Lipinski definition) is 3. The fraction of sp³-hybridized carbons (Fsp3) is 0.231. The average molecular weight is 246 g/mol. The summed E-state index contributed by atoms with van der Waals surface area (Å²) in [6.45, 7) is 1.23. The lowest BCUT2D eigenvalue weighted by Crippen LogP contribution is -2.29. The van der Waals surface area contributed by atoms with Gasteiger partial charge in [0.2, 0.25) is 0 Å². The monoisotopic (exact) mass is 246 g/mol. The normalized spacial score (nSPS) is 13.2. The summed E-state index contributed by atoms with van der Waals surface area (Å²) in [5, 5.41) is 29.9. The summed E-state index contributed by atoms with van der Waals surface area (Å²) >= 11 is 0. The predicted octanol–water partition coefficient (Wildman–Crippen LogP) is 1.19. The molecule has 0 bridgehead atoms. The second-order valence-electron chi connectivity index (χ2n) is 3.71. The number of aliphatic hydroxyl groups excluding tert-OH is 2. The van der Waals surface area contributed by atoms with Crippen LogP contribution in [0.2, 0.25) is 0 Å². The molecule has 1 rings (SSSR count). The van der Waals surface area contributed by atoms with Crippen molar-refractivity contribution in [2.24, 2.45) is 0 Å². The zero-order chi connectivity index (χ0) is 13.5. The lowest BCUT2D eigenvalue weighted by molar-refractivity contribution is -0.117. The molecule has 0 aliphatic heterocycles. The smallest absolute Gasteiger partial charge is 0.265 e. The second kappa shape index (κ2) is 6.42. The molecule has 0 aliphatic carbocycles. The molecule has 5 nitrogen and oxygen atoms in total. The highest BCUT2D eigenvalue weighted by atomic mass is 16.3. The Morgan fingerprint density at radius 3 is 2.56 bits per heavy atom. The molecule has 1 aromatic carbocycles. The SMILES string of the molecule is C/C(O)=C(\C#N)C(=O)NCC(O)c1ccccc1. The van der Waals surface area contributed by atoms with E-state index in [0.29, 0.717) is 5.56 Å². The van der Waals surface area contributed by atoms with Crippen LogP contribution >= 0.6 is 0 Å². The summed E-state index contributed by atoms with van der Waals surface area (Å²) in [5.74, 6) is -1.04. The van der Waals surface area contributed by atoms with Gasteiger partial charge >= 0.3 is 0 Å². The molecule has 3 N–H and O–H groups in total. The lowest BCUT2D eigenvalue weighted by atomic mass is 10.1. The van der Waals surface area contributed by atoms with Gasteiger partial charge in [0.25, 0.3) is 5.91 Å². The third kappa shape index (κ3) is 3.61. The number of nitriles is 1. The molecule has 18 heavy (non-hydrogen) atoms. The van der Waals surface area contributed by atoms with Crippen molar-refractivity contribution < 1.29 is 15.0 Å². The topological polar surface area (TPSA) is 93.3 Å². The van der Waals surface area contributed by atoms with Crippen LogP contribution in [0.25, 0.3) is 0 Å². The molecule has 94 valence electrons. The van der Waals surface area contributed by atoms with Gasteiger partial charge in [0.15, 0.2) is 5.57 Å². The minimum atomic E-state index is -0.853. The van der Waals surface area contributed by atoms with Crippen LogP contribution in [0.4, 0.5) is 0 Å². The molecule has 0 aromatic heterocycles. The Balaban J connectivity index is 2.60. The van der Waals surface area contributed by atoms with Crippen molar-refractivity contribution in [2.75, 3.05) is 6.54 Å². The summed E-state index contributed by atoms with van der Waals surface area (Å²) < 4.78 is 0. The van der Waals surface area contributed by atoms with Crippen molar-refractivity contribution in [3.05, 3.63) is 47.2 Å². The first-order chi connectivity index (χ1) is 8.56. The minimum Gasteiger partial charge on any atom is -0.511 e. The Labute approximate surface area is 105 Å². The Bertz CT molecular complexity index is 485. The highest BCUT2D eigenvalue weighted by Gasteiger charge is 2.14. The van der Waals surface area contributed by atoms with Crippen LogP contribution in [0.1, 0.15) is 18.6 Å². The molecule has 1 atom stereocenters. The maximum atomic E-state index is 11.5. The summed E-state index contributed by atoms with van der Waals surface area (Å²) in [7, 11) is 0. The molecule has 0 fully saturated rings. The molecule has 1 unspecified atom stereocenters. The van der Waals surface area contributed by atoms with Crippen LogP contribution in [0, 0.1) is 11.3 Å². The minimum absolute atomic E-state index is 0.0265. The first-order valence-electron chi connectivity index (χ1n) is 5.37. The van der Waals surface area contributed by atoms with Crippen LogP contribution in [0.5, 0.6) is 0 Å². The van der Waals surface area contributed by atoms with Gasteiger partial charge in [-0.05, 0) is 12.5 Å². The fourth-order valence-corrected chi connectivity index (χ4v) is 1.37. The Kier molecular flexibility index (Phi) is 4.90. The van der Waals surface area contributed by atoms with E-state index in [2.05, 4.69) is 5.32 Å². The zero-order valence-corrected chi connectivity index (χ0v) is 9.92. The highest BCUT2D eigenvalue weighted by Crippen LogP contribution is 2.10. The van der Waals surface area contributed by atoms with Crippen LogP contribution in [-0.2, 0) is 4.79 Å². The van der Waals surface area contributed by atoms with Crippen molar-refractivity contribution in [3.63, 3.8) is 0 Å². The lowest BCUT2D eigenvalue weighted by Gasteiger charge is -2.11. The number of carbonyl (C=O) groups is 1. The number of nitrogens with zero attached hydrogens (tertiary/aromatic N) is 1. The van der Waals surface area contributed by atoms with Crippen molar-refractivity contribution in [1.82, 2.24) is 5.32 Å². The average Bonchev–Trinajstić information content (AvgIpc) is 2.37. The third-order valence-corrected chi connectivity index (χ3v) is 2.34. The molecule has 0 spiro atoms. The summed E-state index contributed by atoms with van der Waals surface area (Å²) in [5.41, 5.74) is 0.316. The second-order valence-corrected chi connectivity index (χ2v) is 3.71. The van der Waals surface area contributed by atoms with Crippen LogP contribution < -0.4 is 5.32 Å². The van der Waals surface area contributed by atoms with Gasteiger partial charge in [-0.2, -0.15) is 5.26 Å². The molecule has 0 radical (unpaired) electrons. The molecule has 0 heterocycles. The molecular formula is C13H14N2O3. The summed E-state index contributed by atoms with van der Waals surface area (Å²) in [6.07, 6.45) is -0.853. The van der Waals surface area contributed by atoms with E-state index in [1.54, 1.807) is 30.3 Å². The maximum Gasteiger partial charge on any atom is 0.265 e. The molecular weight excluding hydrogens is 232 g/mol. The number of aliphatic hydroxyl groups is 2. The number of allylic oxidation sites excluding steroid dienone is 1. The van der Waals surface area contributed by atoms with Gasteiger partial charge in [-0.1, -0.05) is 30.3 Å². The van der Waals surface area contributed by atoms with Crippen molar-refractivity contribution in [1.29, 1.82) is 5.26 Å². The van der Waals surface area contributed by atoms with Gasteiger partial charge in [0.05, 0.1) is 6.10 Å². The van der Waals surface area contributed by atoms with Crippen molar-refractivity contribution >= 4 is 5.91 Å². The summed E-state index contributed by atoms with van der Waals surface area (Å²) in [6, 6.07) is 10.4. The number of amides is 1. The standard InChI is InChI=1S/C13H14N2O3/c1-9(16)11(7-14)13(18)15-8-12(17)10-5-3-2-4-6-10/h2-6,12,16-17H,8H2,1H3,(H,15,18)/b11-9-. The van der Waals surface area contributed by atoms with E-state index < -0.39 is 12.0 Å². The Hall–Kier alpha value is -2.32. The van der Waals surface area contributed by atoms with Gasteiger partial charge in [0, 0.05) is 6.54 Å². The number of carbonyl (C=O) groups excluding carboxylic acids is 1. The van der Waals surface area contributed by atoms with E-state index in [1.807, 2.05) is 6.07 Å². The zero-order valence-electron chi connectivity index (χ0n) is 9.92. The van der Waals surface area contributed by atoms with E-state index in [4.69, 9.17) is 10.4 Å². The quantitative estimate of drug-likeness (QED) is 0.422. The van der Waals surface area contributed by atoms with Crippen molar-refractivity contribution in [2.45, 2.75) is 13.0 Å². The van der Waals surface area contributed by atoms with Crippen molar-refractivity contribution in [3.8, 4) is 6.07 Å². The highest BCUT2D eigenvalue weighted by molar-refractivity contribution is 5.97. The van der Waals surface area contributed by atoms with Crippen LogP contribution in [0.3, 0.4) is 0 Å². The maximum absolute atomic E-state index is 11.5. The van der Waals surface area contributed by atoms with Crippen LogP contribution in [0.15, 0.2) is 41.7 Å². The van der Waals surface area contributed by atoms with Gasteiger partial charge in [-0.25, -0.2) is 0 Å². The van der Waals surface area contributed by atoms with E-state index in [1.165, 1.54) is 6.92 Å². The fourth-order valence-electron chi connectivity index (χ4n) is 1.37. The largest absolute Gasteiger partial charge is 0.511 e. The summed E-state index contributed by atoms with van der Waals surface area (Å²) in [4.78, 5) is 11.5. The Morgan fingerprint density at radius 2 is 2.06 bits per heavy atom. The molecule has 1 aromatic rings. The van der Waals surface area contributed by atoms with Gasteiger partial charge in [0.1, 0.15) is 11.8 Å². The molecule has 1 amide bonds. The Morgan fingerprint density at radius 1 is 1.44 bits per heavy atom. The van der Waals surface area contributed by atoms with E-state index in [-0.39, 0.29) is 17.9 Å². The first-order valence-corrected chi connectivity index (χ1v) is 5.37. The van der Waals surface area contributed by atoms with Gasteiger partial charge in [-0.15, -0.1) is 0 Å². The van der Waals surface area contributed by atoms with Gasteiger partial charge < -0.3 is 15.5 Å². The number of rotatable bonds is 4.